The van der Waals surface area contributed by atoms with Gasteiger partial charge in [-0.3, -0.25) is 4.79 Å². The molecule has 0 spiro atoms. The number of carbonyl (C=O) groups is 1. The van der Waals surface area contributed by atoms with Gasteiger partial charge in [0.25, 0.3) is 0 Å². The van der Waals surface area contributed by atoms with E-state index in [9.17, 15) is 9.18 Å². The quantitative estimate of drug-likeness (QED) is 0.349. The Balaban J connectivity index is 1.72. The summed E-state index contributed by atoms with van der Waals surface area (Å²) in [4.78, 5) is 14.3. The van der Waals surface area contributed by atoms with Crippen LogP contribution in [0.2, 0.25) is 0 Å². The first kappa shape index (κ1) is 19.8. The highest BCUT2D eigenvalue weighted by Gasteiger charge is 2.07. The number of hydrogen-bond donors (Lipinski definition) is 0. The first-order chi connectivity index (χ1) is 13.6. The predicted octanol–water partition coefficient (Wildman–Crippen LogP) is 5.93. The molecule has 0 aliphatic rings. The molecular weight excluding hydrogens is 375 g/mol. The van der Waals surface area contributed by atoms with Crippen LogP contribution in [0, 0.1) is 5.82 Å². The Morgan fingerprint density at radius 1 is 1.11 bits per heavy atom. The van der Waals surface area contributed by atoms with E-state index in [1.807, 2.05) is 30.3 Å². The molecule has 0 saturated heterocycles. The molecule has 3 aromatic rings. The van der Waals surface area contributed by atoms with Crippen molar-refractivity contribution in [2.75, 3.05) is 7.11 Å². The monoisotopic (exact) mass is 396 g/mol. The van der Waals surface area contributed by atoms with E-state index >= 15 is 0 Å². The van der Waals surface area contributed by atoms with Crippen molar-refractivity contribution in [2.45, 2.75) is 20.0 Å². The van der Waals surface area contributed by atoms with Gasteiger partial charge in [0, 0.05) is 10.4 Å². The smallest absolute Gasteiger partial charge is 0.195 e. The van der Waals surface area contributed by atoms with Crippen LogP contribution in [0.3, 0.4) is 0 Å². The molecule has 0 bridgehead atoms. The second-order valence-corrected chi connectivity index (χ2v) is 7.30. The van der Waals surface area contributed by atoms with Gasteiger partial charge in [0.1, 0.15) is 23.9 Å². The lowest BCUT2D eigenvalue weighted by Crippen LogP contribution is -1.99. The van der Waals surface area contributed by atoms with Gasteiger partial charge >= 0.3 is 0 Å². The topological polar surface area (TPSA) is 35.5 Å². The van der Waals surface area contributed by atoms with Crippen molar-refractivity contribution in [3.8, 4) is 11.5 Å². The van der Waals surface area contributed by atoms with Crippen LogP contribution in [0.25, 0.3) is 6.08 Å². The van der Waals surface area contributed by atoms with Crippen molar-refractivity contribution in [3.63, 3.8) is 0 Å². The summed E-state index contributed by atoms with van der Waals surface area (Å²) in [5, 5.41) is 0. The minimum absolute atomic E-state index is 0.00960. The molecular formula is C23H21FO3S. The minimum Gasteiger partial charge on any atom is -0.496 e. The molecule has 28 heavy (non-hydrogen) atoms. The predicted molar refractivity (Wildman–Crippen MR) is 111 cm³/mol. The first-order valence-corrected chi connectivity index (χ1v) is 9.77. The summed E-state index contributed by atoms with van der Waals surface area (Å²) < 4.78 is 24.1. The number of ether oxygens (including phenoxy) is 2. The van der Waals surface area contributed by atoms with Gasteiger partial charge in [-0.15, -0.1) is 11.3 Å². The van der Waals surface area contributed by atoms with Crippen molar-refractivity contribution in [3.05, 3.63) is 87.4 Å². The largest absolute Gasteiger partial charge is 0.496 e. The Hall–Kier alpha value is -2.92. The van der Waals surface area contributed by atoms with E-state index in [0.717, 1.165) is 22.4 Å². The number of hydrogen-bond acceptors (Lipinski definition) is 4. The summed E-state index contributed by atoms with van der Waals surface area (Å²) >= 11 is 1.52. The average molecular weight is 396 g/mol. The maximum absolute atomic E-state index is 13.0. The van der Waals surface area contributed by atoms with E-state index in [-0.39, 0.29) is 18.2 Å². The lowest BCUT2D eigenvalue weighted by atomic mass is 10.1. The van der Waals surface area contributed by atoms with Gasteiger partial charge in [-0.05, 0) is 66.6 Å². The molecule has 1 aromatic heterocycles. The lowest BCUT2D eigenvalue weighted by Gasteiger charge is -2.11. The highest BCUT2D eigenvalue weighted by atomic mass is 32.1. The number of ketones is 1. The molecule has 0 aliphatic carbocycles. The standard InChI is InChI=1S/C23H21FO3S/c1-3-20-10-13-23(28-20)21(25)11-4-16-5-12-22(26-2)17(14-16)15-27-19-8-6-18(24)7-9-19/h4-14H,3,15H2,1-2H3/b11-4+. The van der Waals surface area contributed by atoms with E-state index in [1.54, 1.807) is 31.4 Å². The van der Waals surface area contributed by atoms with Gasteiger partial charge in [-0.2, -0.15) is 0 Å². The van der Waals surface area contributed by atoms with Gasteiger partial charge in [0.05, 0.1) is 12.0 Å². The number of halogens is 1. The van der Waals surface area contributed by atoms with Crippen LogP contribution < -0.4 is 9.47 Å². The maximum atomic E-state index is 13.0. The van der Waals surface area contributed by atoms with Gasteiger partial charge in [0.2, 0.25) is 0 Å². The van der Waals surface area contributed by atoms with Crippen LogP contribution in [-0.4, -0.2) is 12.9 Å². The fraction of sp³-hybridized carbons (Fsp3) is 0.174. The molecule has 0 unspecified atom stereocenters. The second-order valence-electron chi connectivity index (χ2n) is 6.13. The molecule has 1 heterocycles. The fourth-order valence-corrected chi connectivity index (χ4v) is 3.53. The normalized spacial score (nSPS) is 11.0. The van der Waals surface area contributed by atoms with E-state index in [0.29, 0.717) is 11.5 Å². The van der Waals surface area contributed by atoms with Gasteiger partial charge < -0.3 is 9.47 Å². The SMILES string of the molecule is CCc1ccc(C(=O)/C=C/c2ccc(OC)c(COc3ccc(F)cc3)c2)s1. The summed E-state index contributed by atoms with van der Waals surface area (Å²) in [6.45, 7) is 2.35. The summed E-state index contributed by atoms with van der Waals surface area (Å²) in [5.41, 5.74) is 1.71. The van der Waals surface area contributed by atoms with Crippen LogP contribution >= 0.6 is 11.3 Å². The number of aryl methyl sites for hydroxylation is 1. The zero-order valence-corrected chi connectivity index (χ0v) is 16.6. The molecule has 3 nitrogen and oxygen atoms in total. The van der Waals surface area contributed by atoms with Crippen molar-refractivity contribution in [1.29, 1.82) is 0 Å². The number of benzene rings is 2. The lowest BCUT2D eigenvalue weighted by molar-refractivity contribution is 0.105. The molecule has 0 saturated carbocycles. The number of thiophene rings is 1. The molecule has 0 atom stereocenters. The Bertz CT molecular complexity index is 974. The maximum Gasteiger partial charge on any atom is 0.195 e. The van der Waals surface area contributed by atoms with Crippen LogP contribution in [0.4, 0.5) is 4.39 Å². The van der Waals surface area contributed by atoms with E-state index in [4.69, 9.17) is 9.47 Å². The summed E-state index contributed by atoms with van der Waals surface area (Å²) in [6, 6.07) is 15.4. The third kappa shape index (κ3) is 5.08. The molecule has 0 fully saturated rings. The molecule has 0 N–H and O–H groups in total. The Morgan fingerprint density at radius 3 is 2.57 bits per heavy atom. The number of allylic oxidation sites excluding steroid dienone is 1. The third-order valence-electron chi connectivity index (χ3n) is 4.19. The summed E-state index contributed by atoms with van der Waals surface area (Å²) in [6.07, 6.45) is 4.30. The highest BCUT2D eigenvalue weighted by molar-refractivity contribution is 7.14. The van der Waals surface area contributed by atoms with Crippen LogP contribution in [0.15, 0.2) is 60.7 Å². The van der Waals surface area contributed by atoms with Crippen molar-refractivity contribution < 1.29 is 18.7 Å². The van der Waals surface area contributed by atoms with E-state index in [1.165, 1.54) is 28.3 Å². The Kier molecular flexibility index (Phi) is 6.61. The van der Waals surface area contributed by atoms with Crippen LogP contribution in [0.5, 0.6) is 11.5 Å². The van der Waals surface area contributed by atoms with Gasteiger partial charge in [-0.1, -0.05) is 19.1 Å². The van der Waals surface area contributed by atoms with Crippen LogP contribution in [-0.2, 0) is 13.0 Å². The zero-order chi connectivity index (χ0) is 19.9. The number of rotatable bonds is 8. The van der Waals surface area contributed by atoms with Gasteiger partial charge in [-0.25, -0.2) is 4.39 Å². The molecule has 144 valence electrons. The Morgan fingerprint density at radius 2 is 1.89 bits per heavy atom. The average Bonchev–Trinajstić information content (AvgIpc) is 3.21. The molecule has 0 radical (unpaired) electrons. The number of methoxy groups -OCH3 is 1. The minimum atomic E-state index is -0.307. The molecule has 5 heteroatoms. The van der Waals surface area contributed by atoms with Crippen molar-refractivity contribution in [1.82, 2.24) is 0 Å². The first-order valence-electron chi connectivity index (χ1n) is 8.95. The van der Waals surface area contributed by atoms with Crippen molar-refractivity contribution >= 4 is 23.2 Å². The summed E-state index contributed by atoms with van der Waals surface area (Å²) in [5.74, 6) is 0.948. The fourth-order valence-electron chi connectivity index (χ4n) is 2.66. The van der Waals surface area contributed by atoms with E-state index < -0.39 is 0 Å². The molecule has 3 rings (SSSR count). The highest BCUT2D eigenvalue weighted by Crippen LogP contribution is 2.24. The van der Waals surface area contributed by atoms with Gasteiger partial charge in [0.15, 0.2) is 5.78 Å². The molecule has 2 aromatic carbocycles. The van der Waals surface area contributed by atoms with Crippen molar-refractivity contribution in [2.24, 2.45) is 0 Å². The van der Waals surface area contributed by atoms with E-state index in [2.05, 4.69) is 6.92 Å². The summed E-state index contributed by atoms with van der Waals surface area (Å²) in [7, 11) is 1.60. The Labute approximate surface area is 168 Å². The molecule has 0 amide bonds. The third-order valence-corrected chi connectivity index (χ3v) is 5.44. The zero-order valence-electron chi connectivity index (χ0n) is 15.8. The van der Waals surface area contributed by atoms with Crippen LogP contribution in [0.1, 0.15) is 32.6 Å². The molecule has 0 aliphatic heterocycles. The number of carbonyl (C=O) groups excluding carboxylic acids is 1. The second kappa shape index (κ2) is 9.33.